The minimum absolute atomic E-state index is 0.00384. The minimum Gasteiger partial charge on any atom is -0.493 e. The third-order valence-corrected chi connectivity index (χ3v) is 6.14. The van der Waals surface area contributed by atoms with Crippen LogP contribution in [-0.2, 0) is 11.2 Å². The lowest BCUT2D eigenvalue weighted by molar-refractivity contribution is -0.137. The van der Waals surface area contributed by atoms with Crippen LogP contribution < -0.4 is 10.5 Å². The highest BCUT2D eigenvalue weighted by atomic mass is 16.5. The zero-order valence-electron chi connectivity index (χ0n) is 21.1. The van der Waals surface area contributed by atoms with Gasteiger partial charge in [0, 0.05) is 12.1 Å². The van der Waals surface area contributed by atoms with Gasteiger partial charge in [-0.25, -0.2) is 0 Å². The largest absolute Gasteiger partial charge is 0.493 e. The van der Waals surface area contributed by atoms with Crippen molar-refractivity contribution in [3.05, 3.63) is 89.0 Å². The number of aryl methyl sites for hydroxylation is 2. The van der Waals surface area contributed by atoms with E-state index in [1.807, 2.05) is 13.0 Å². The number of carbonyl (C=O) groups excluding carboxylic acids is 1. The van der Waals surface area contributed by atoms with Crippen LogP contribution in [0.4, 0.5) is 5.69 Å². The van der Waals surface area contributed by atoms with E-state index in [1.54, 1.807) is 24.3 Å². The SMILES string of the molecule is CCCCCc1ccc(-c2ccc(C=CC(=O)c3c(N)cccc3OCCCC(=O)O)c(C)c2)cc1. The number of hydrogen-bond donors (Lipinski definition) is 2. The molecule has 0 aliphatic carbocycles. The zero-order valence-corrected chi connectivity index (χ0v) is 21.1. The van der Waals surface area contributed by atoms with Crippen molar-refractivity contribution in [3.8, 4) is 16.9 Å². The number of rotatable bonds is 13. The Kier molecular flexibility index (Phi) is 9.87. The zero-order chi connectivity index (χ0) is 25.9. The number of ketones is 1. The first-order valence-corrected chi connectivity index (χ1v) is 12.5. The molecule has 5 heteroatoms. The Labute approximate surface area is 213 Å². The number of nitrogen functional groups attached to an aromatic ring is 1. The van der Waals surface area contributed by atoms with Crippen LogP contribution in [0.1, 0.15) is 66.1 Å². The van der Waals surface area contributed by atoms with Gasteiger partial charge >= 0.3 is 5.97 Å². The van der Waals surface area contributed by atoms with Gasteiger partial charge in [-0.1, -0.05) is 74.4 Å². The summed E-state index contributed by atoms with van der Waals surface area (Å²) in [5.74, 6) is -0.782. The van der Waals surface area contributed by atoms with Crippen LogP contribution in [-0.4, -0.2) is 23.5 Å². The number of nitrogens with two attached hydrogens (primary N) is 1. The molecular weight excluding hydrogens is 450 g/mol. The lowest BCUT2D eigenvalue weighted by Crippen LogP contribution is -2.08. The Morgan fingerprint density at radius 3 is 2.42 bits per heavy atom. The van der Waals surface area contributed by atoms with Crippen molar-refractivity contribution in [2.75, 3.05) is 12.3 Å². The highest BCUT2D eigenvalue weighted by molar-refractivity contribution is 6.12. The van der Waals surface area contributed by atoms with Crippen LogP contribution in [0.5, 0.6) is 5.75 Å². The van der Waals surface area contributed by atoms with Gasteiger partial charge in [-0.2, -0.15) is 0 Å². The molecule has 0 aliphatic rings. The molecule has 3 rings (SSSR count). The van der Waals surface area contributed by atoms with E-state index in [0.717, 1.165) is 23.1 Å². The summed E-state index contributed by atoms with van der Waals surface area (Å²) in [6.45, 7) is 4.44. The van der Waals surface area contributed by atoms with E-state index in [9.17, 15) is 9.59 Å². The van der Waals surface area contributed by atoms with Crippen molar-refractivity contribution in [3.63, 3.8) is 0 Å². The van der Waals surface area contributed by atoms with E-state index >= 15 is 0 Å². The second kappa shape index (κ2) is 13.3. The summed E-state index contributed by atoms with van der Waals surface area (Å²) in [7, 11) is 0. The molecule has 0 aromatic heterocycles. The molecule has 5 nitrogen and oxygen atoms in total. The molecule has 0 atom stereocenters. The van der Waals surface area contributed by atoms with Crippen LogP contribution in [0.15, 0.2) is 66.7 Å². The molecule has 0 saturated heterocycles. The lowest BCUT2D eigenvalue weighted by Gasteiger charge is -2.11. The summed E-state index contributed by atoms with van der Waals surface area (Å²) in [6, 6.07) is 20.0. The number of unbranched alkanes of at least 4 members (excludes halogenated alkanes) is 2. The number of ether oxygens (including phenoxy) is 1. The first-order valence-electron chi connectivity index (χ1n) is 12.5. The Bertz CT molecular complexity index is 1210. The van der Waals surface area contributed by atoms with E-state index in [1.165, 1.54) is 36.5 Å². The van der Waals surface area contributed by atoms with Crippen molar-refractivity contribution in [2.45, 2.75) is 52.4 Å². The third-order valence-electron chi connectivity index (χ3n) is 6.14. The smallest absolute Gasteiger partial charge is 0.303 e. The Hall–Kier alpha value is -3.86. The summed E-state index contributed by atoms with van der Waals surface area (Å²) in [4.78, 5) is 23.7. The normalized spacial score (nSPS) is 11.1. The fourth-order valence-corrected chi connectivity index (χ4v) is 4.07. The Morgan fingerprint density at radius 2 is 1.72 bits per heavy atom. The summed E-state index contributed by atoms with van der Waals surface area (Å²) < 4.78 is 5.67. The molecule has 0 radical (unpaired) electrons. The summed E-state index contributed by atoms with van der Waals surface area (Å²) in [6.07, 6.45) is 8.47. The van der Waals surface area contributed by atoms with Crippen molar-refractivity contribution >= 4 is 23.5 Å². The van der Waals surface area contributed by atoms with Crippen molar-refractivity contribution in [2.24, 2.45) is 0 Å². The Morgan fingerprint density at radius 1 is 0.972 bits per heavy atom. The molecule has 0 saturated carbocycles. The molecule has 0 aliphatic heterocycles. The summed E-state index contributed by atoms with van der Waals surface area (Å²) in [5, 5.41) is 8.79. The van der Waals surface area contributed by atoms with E-state index in [4.69, 9.17) is 15.6 Å². The molecule has 188 valence electrons. The van der Waals surface area contributed by atoms with Crippen molar-refractivity contribution in [1.82, 2.24) is 0 Å². The van der Waals surface area contributed by atoms with Crippen LogP contribution in [0.25, 0.3) is 17.2 Å². The van der Waals surface area contributed by atoms with Crippen LogP contribution in [0.2, 0.25) is 0 Å². The topological polar surface area (TPSA) is 89.6 Å². The molecule has 0 spiro atoms. The molecule has 36 heavy (non-hydrogen) atoms. The van der Waals surface area contributed by atoms with Gasteiger partial charge in [0.25, 0.3) is 0 Å². The number of anilines is 1. The van der Waals surface area contributed by atoms with E-state index < -0.39 is 5.97 Å². The number of carbonyl (C=O) groups is 2. The maximum Gasteiger partial charge on any atom is 0.303 e. The number of allylic oxidation sites excluding steroid dienone is 1. The van der Waals surface area contributed by atoms with Gasteiger partial charge in [-0.3, -0.25) is 9.59 Å². The second-order valence-electron chi connectivity index (χ2n) is 8.99. The Balaban J connectivity index is 1.70. The maximum absolute atomic E-state index is 13.0. The molecule has 3 N–H and O–H groups in total. The molecule has 3 aromatic rings. The monoisotopic (exact) mass is 485 g/mol. The standard InChI is InChI=1S/C31H35NO4/c1-3-4-5-8-23-12-14-25(15-13-23)26-17-16-24(22(2)21-26)18-19-28(33)31-27(32)9-6-10-29(31)36-20-7-11-30(34)35/h6,9-10,12-19,21H,3-5,7-8,11,20,32H2,1-2H3,(H,34,35). The number of hydrogen-bond acceptors (Lipinski definition) is 4. The molecule has 0 amide bonds. The molecule has 0 fully saturated rings. The predicted octanol–water partition coefficient (Wildman–Crippen LogP) is 7.12. The molecule has 0 heterocycles. The van der Waals surface area contributed by atoms with Crippen LogP contribution >= 0.6 is 0 Å². The van der Waals surface area contributed by atoms with Gasteiger partial charge in [-0.05, 0) is 72.2 Å². The number of carboxylic acids is 1. The van der Waals surface area contributed by atoms with E-state index in [0.29, 0.717) is 17.9 Å². The third kappa shape index (κ3) is 7.57. The fraction of sp³-hybridized carbons (Fsp3) is 0.290. The number of carboxylic acid groups (broad SMARTS) is 1. The fourth-order valence-electron chi connectivity index (χ4n) is 4.07. The van der Waals surface area contributed by atoms with Gasteiger partial charge in [-0.15, -0.1) is 0 Å². The maximum atomic E-state index is 13.0. The van der Waals surface area contributed by atoms with Gasteiger partial charge in [0.1, 0.15) is 5.75 Å². The minimum atomic E-state index is -0.883. The summed E-state index contributed by atoms with van der Waals surface area (Å²) in [5.41, 5.74) is 12.4. The van der Waals surface area contributed by atoms with Crippen LogP contribution in [0.3, 0.4) is 0 Å². The van der Waals surface area contributed by atoms with Crippen molar-refractivity contribution in [1.29, 1.82) is 0 Å². The van der Waals surface area contributed by atoms with Gasteiger partial charge in [0.15, 0.2) is 5.78 Å². The molecule has 0 bridgehead atoms. The highest BCUT2D eigenvalue weighted by Crippen LogP contribution is 2.27. The van der Waals surface area contributed by atoms with Crippen LogP contribution in [0, 0.1) is 6.92 Å². The molecule has 3 aromatic carbocycles. The predicted molar refractivity (Wildman–Crippen MR) is 146 cm³/mol. The van der Waals surface area contributed by atoms with Gasteiger partial charge in [0.05, 0.1) is 12.2 Å². The summed E-state index contributed by atoms with van der Waals surface area (Å²) >= 11 is 0. The van der Waals surface area contributed by atoms with Gasteiger partial charge < -0.3 is 15.6 Å². The quantitative estimate of drug-likeness (QED) is 0.116. The van der Waals surface area contributed by atoms with Crippen molar-refractivity contribution < 1.29 is 19.4 Å². The average Bonchev–Trinajstić information content (AvgIpc) is 2.86. The first-order chi connectivity index (χ1) is 17.4. The van der Waals surface area contributed by atoms with E-state index in [2.05, 4.69) is 43.3 Å². The highest BCUT2D eigenvalue weighted by Gasteiger charge is 2.14. The van der Waals surface area contributed by atoms with E-state index in [-0.39, 0.29) is 24.4 Å². The van der Waals surface area contributed by atoms with Gasteiger partial charge in [0.2, 0.25) is 0 Å². The number of aliphatic carboxylic acids is 1. The number of benzene rings is 3. The first kappa shape index (κ1) is 26.7. The second-order valence-corrected chi connectivity index (χ2v) is 8.99. The lowest BCUT2D eigenvalue weighted by atomic mass is 9.97. The molecular formula is C31H35NO4. The molecule has 0 unspecified atom stereocenters. The average molecular weight is 486 g/mol.